The van der Waals surface area contributed by atoms with Gasteiger partial charge < -0.3 is 18.6 Å². The molecule has 0 bridgehead atoms. The van der Waals surface area contributed by atoms with Gasteiger partial charge in [-0.05, 0) is 24.3 Å². The largest absolute Gasteiger partial charge is 0.496 e. The predicted octanol–water partition coefficient (Wildman–Crippen LogP) is 2.58. The van der Waals surface area contributed by atoms with E-state index >= 15 is 0 Å². The van der Waals surface area contributed by atoms with Gasteiger partial charge in [-0.1, -0.05) is 0 Å². The topological polar surface area (TPSA) is 111 Å². The molecule has 1 unspecified atom stereocenters. The van der Waals surface area contributed by atoms with E-state index in [2.05, 4.69) is 4.98 Å². The van der Waals surface area contributed by atoms with Gasteiger partial charge in [0, 0.05) is 23.9 Å². The van der Waals surface area contributed by atoms with Crippen LogP contribution in [-0.4, -0.2) is 51.3 Å². The third kappa shape index (κ3) is 3.42. The van der Waals surface area contributed by atoms with Crippen LogP contribution in [0.1, 0.15) is 10.9 Å². The van der Waals surface area contributed by atoms with Crippen LogP contribution in [0.4, 0.5) is 0 Å². The van der Waals surface area contributed by atoms with Gasteiger partial charge in [0.05, 0.1) is 37.1 Å². The Kier molecular flexibility index (Phi) is 5.43. The van der Waals surface area contributed by atoms with E-state index in [4.69, 9.17) is 18.6 Å². The molecule has 2 aromatic carbocycles. The number of hydrogen-bond donors (Lipinski definition) is 1. The fourth-order valence-corrected chi connectivity index (χ4v) is 6.69. The van der Waals surface area contributed by atoms with E-state index in [0.29, 0.717) is 46.2 Å². The number of rotatable bonds is 6. The molecule has 4 rings (SSSR count). The van der Waals surface area contributed by atoms with Crippen LogP contribution in [-0.2, 0) is 10.0 Å². The SMILES string of the molecule is COc1cc(OC)c(C2SCCN2S(=O)(=O)c2ccc3oc(=O)[nH]c3c2)cc1OC. The zero-order chi connectivity index (χ0) is 21.5. The first-order valence-electron chi connectivity index (χ1n) is 8.95. The van der Waals surface area contributed by atoms with Crippen LogP contribution in [0.3, 0.4) is 0 Å². The maximum atomic E-state index is 13.4. The van der Waals surface area contributed by atoms with Gasteiger partial charge in [0.15, 0.2) is 17.1 Å². The van der Waals surface area contributed by atoms with E-state index in [1.807, 2.05) is 0 Å². The third-order valence-electron chi connectivity index (χ3n) is 4.85. The minimum Gasteiger partial charge on any atom is -0.496 e. The van der Waals surface area contributed by atoms with Crippen molar-refractivity contribution in [3.8, 4) is 17.2 Å². The second kappa shape index (κ2) is 7.89. The number of nitrogens with zero attached hydrogens (tertiary/aromatic N) is 1. The molecule has 0 spiro atoms. The molecule has 0 radical (unpaired) electrons. The lowest BCUT2D eigenvalue weighted by Gasteiger charge is -2.25. The van der Waals surface area contributed by atoms with Crippen molar-refractivity contribution in [2.45, 2.75) is 10.3 Å². The fraction of sp³-hybridized carbons (Fsp3) is 0.316. The number of aromatic nitrogens is 1. The average Bonchev–Trinajstić information content (AvgIpc) is 3.38. The summed E-state index contributed by atoms with van der Waals surface area (Å²) in [7, 11) is 0.704. The van der Waals surface area contributed by atoms with Gasteiger partial charge in [-0.25, -0.2) is 13.2 Å². The zero-order valence-electron chi connectivity index (χ0n) is 16.5. The molecule has 30 heavy (non-hydrogen) atoms. The molecule has 160 valence electrons. The van der Waals surface area contributed by atoms with Crippen molar-refractivity contribution in [1.82, 2.24) is 9.29 Å². The highest BCUT2D eigenvalue weighted by molar-refractivity contribution is 8.01. The summed E-state index contributed by atoms with van der Waals surface area (Å²) in [5.41, 5.74) is 1.29. The molecule has 9 nitrogen and oxygen atoms in total. The van der Waals surface area contributed by atoms with E-state index in [-0.39, 0.29) is 4.90 Å². The molecule has 1 atom stereocenters. The molecule has 0 aliphatic carbocycles. The molecule has 1 fully saturated rings. The Morgan fingerprint density at radius 2 is 1.77 bits per heavy atom. The lowest BCUT2D eigenvalue weighted by atomic mass is 10.1. The number of ether oxygens (including phenoxy) is 3. The summed E-state index contributed by atoms with van der Waals surface area (Å²) in [6.45, 7) is 0.328. The Bertz CT molecular complexity index is 1250. The maximum Gasteiger partial charge on any atom is 0.417 e. The predicted molar refractivity (Wildman–Crippen MR) is 112 cm³/mol. The molecular formula is C19H20N2O7S2. The minimum atomic E-state index is -3.86. The first-order chi connectivity index (χ1) is 14.4. The monoisotopic (exact) mass is 452 g/mol. The Morgan fingerprint density at radius 1 is 1.07 bits per heavy atom. The Morgan fingerprint density at radius 3 is 2.47 bits per heavy atom. The number of sulfonamides is 1. The van der Waals surface area contributed by atoms with E-state index < -0.39 is 21.2 Å². The van der Waals surface area contributed by atoms with Gasteiger partial charge in [0.2, 0.25) is 10.0 Å². The lowest BCUT2D eigenvalue weighted by molar-refractivity contribution is 0.344. The molecule has 11 heteroatoms. The van der Waals surface area contributed by atoms with Gasteiger partial charge in [-0.3, -0.25) is 4.98 Å². The van der Waals surface area contributed by atoms with Crippen LogP contribution in [0, 0.1) is 0 Å². The zero-order valence-corrected chi connectivity index (χ0v) is 18.1. The Hall–Kier alpha value is -2.63. The summed E-state index contributed by atoms with van der Waals surface area (Å²) in [4.78, 5) is 14.0. The van der Waals surface area contributed by atoms with Crippen molar-refractivity contribution >= 4 is 32.9 Å². The van der Waals surface area contributed by atoms with Gasteiger partial charge in [0.25, 0.3) is 0 Å². The van der Waals surface area contributed by atoms with E-state index in [0.717, 1.165) is 0 Å². The first kappa shape index (κ1) is 20.6. The average molecular weight is 453 g/mol. The van der Waals surface area contributed by atoms with Gasteiger partial charge in [-0.15, -0.1) is 11.8 Å². The highest BCUT2D eigenvalue weighted by Gasteiger charge is 2.39. The van der Waals surface area contributed by atoms with Crippen molar-refractivity contribution in [3.05, 3.63) is 46.4 Å². The Balaban J connectivity index is 1.78. The number of aromatic amines is 1. The maximum absolute atomic E-state index is 13.4. The van der Waals surface area contributed by atoms with Crippen molar-refractivity contribution in [1.29, 1.82) is 0 Å². The van der Waals surface area contributed by atoms with Gasteiger partial charge in [0.1, 0.15) is 5.75 Å². The summed E-state index contributed by atoms with van der Waals surface area (Å²) in [6, 6.07) is 7.72. The fourth-order valence-electron chi connectivity index (χ4n) is 3.42. The summed E-state index contributed by atoms with van der Waals surface area (Å²) in [5, 5.41) is -0.510. The molecule has 0 amide bonds. The number of thioether (sulfide) groups is 1. The standard InChI is InChI=1S/C19H20N2O7S2/c1-25-15-10-17(27-3)16(26-2)9-12(15)18-21(6-7-29-18)30(23,24)11-4-5-14-13(8-11)20-19(22)28-14/h4-5,8-10,18H,6-7H2,1-3H3,(H,20,22). The second-order valence-corrected chi connectivity index (χ2v) is 9.54. The molecule has 1 N–H and O–H groups in total. The van der Waals surface area contributed by atoms with E-state index in [9.17, 15) is 13.2 Å². The lowest BCUT2D eigenvalue weighted by Crippen LogP contribution is -2.30. The molecule has 2 heterocycles. The number of nitrogens with one attached hydrogen (secondary N) is 1. The Labute approximate surface area is 177 Å². The number of fused-ring (bicyclic) bond motifs is 1. The van der Waals surface area contributed by atoms with Crippen LogP contribution < -0.4 is 20.0 Å². The van der Waals surface area contributed by atoms with Crippen molar-refractivity contribution in [2.24, 2.45) is 0 Å². The second-order valence-electron chi connectivity index (χ2n) is 6.46. The number of oxazole rings is 1. The summed E-state index contributed by atoms with van der Waals surface area (Å²) in [6.07, 6.45) is 0. The quantitative estimate of drug-likeness (QED) is 0.608. The molecular weight excluding hydrogens is 432 g/mol. The van der Waals surface area contributed by atoms with Crippen LogP contribution in [0.5, 0.6) is 17.2 Å². The van der Waals surface area contributed by atoms with Gasteiger partial charge in [-0.2, -0.15) is 4.31 Å². The molecule has 3 aromatic rings. The summed E-state index contributed by atoms with van der Waals surface area (Å²) in [5.74, 6) is 1.46. The van der Waals surface area contributed by atoms with Crippen LogP contribution >= 0.6 is 11.8 Å². The van der Waals surface area contributed by atoms with E-state index in [1.54, 1.807) is 12.1 Å². The van der Waals surface area contributed by atoms with Crippen molar-refractivity contribution in [2.75, 3.05) is 33.6 Å². The molecule has 0 saturated carbocycles. The molecule has 1 aliphatic heterocycles. The normalized spacial score (nSPS) is 17.4. The first-order valence-corrected chi connectivity index (χ1v) is 11.4. The molecule has 1 aliphatic rings. The third-order valence-corrected chi connectivity index (χ3v) is 8.08. The number of H-pyrrole nitrogens is 1. The van der Waals surface area contributed by atoms with Crippen LogP contribution in [0.2, 0.25) is 0 Å². The molecule has 1 aromatic heterocycles. The highest BCUT2D eigenvalue weighted by atomic mass is 32.2. The summed E-state index contributed by atoms with van der Waals surface area (Å²) < 4.78 is 49.5. The van der Waals surface area contributed by atoms with Crippen LogP contribution in [0.25, 0.3) is 11.1 Å². The highest BCUT2D eigenvalue weighted by Crippen LogP contribution is 2.47. The van der Waals surface area contributed by atoms with Crippen LogP contribution in [0.15, 0.2) is 44.4 Å². The van der Waals surface area contributed by atoms with E-state index in [1.165, 1.54) is 55.6 Å². The number of benzene rings is 2. The number of hydrogen-bond acceptors (Lipinski definition) is 8. The van der Waals surface area contributed by atoms with Gasteiger partial charge >= 0.3 is 5.76 Å². The van der Waals surface area contributed by atoms with Crippen molar-refractivity contribution in [3.63, 3.8) is 0 Å². The molecule has 1 saturated heterocycles. The summed E-state index contributed by atoms with van der Waals surface area (Å²) >= 11 is 1.49. The number of methoxy groups -OCH3 is 3. The van der Waals surface area contributed by atoms with Crippen molar-refractivity contribution < 1.29 is 27.0 Å². The minimum absolute atomic E-state index is 0.0685. The smallest absolute Gasteiger partial charge is 0.417 e.